The van der Waals surface area contributed by atoms with Crippen LogP contribution in [0, 0.1) is 6.92 Å². The number of amides is 1. The molecule has 1 fully saturated rings. The van der Waals surface area contributed by atoms with Crippen LogP contribution in [0.25, 0.3) is 0 Å². The third-order valence-electron chi connectivity index (χ3n) is 4.28. The lowest BCUT2D eigenvalue weighted by molar-refractivity contribution is -0.117. The number of halogens is 1. The molecule has 0 aliphatic heterocycles. The molecule has 20 heavy (non-hydrogen) atoms. The first-order valence-electron chi connectivity index (χ1n) is 7.30. The summed E-state index contributed by atoms with van der Waals surface area (Å²) >= 11 is 3.47. The van der Waals surface area contributed by atoms with Crippen molar-refractivity contribution in [2.24, 2.45) is 0 Å². The molecule has 4 heteroatoms. The Morgan fingerprint density at radius 2 is 2.00 bits per heavy atom. The molecule has 3 nitrogen and oxygen atoms in total. The number of hydrogen-bond acceptors (Lipinski definition) is 2. The van der Waals surface area contributed by atoms with Crippen LogP contribution in [0.15, 0.2) is 22.7 Å². The summed E-state index contributed by atoms with van der Waals surface area (Å²) in [5.74, 6) is 0.1000. The molecule has 0 atom stereocenters. The first kappa shape index (κ1) is 15.5. The van der Waals surface area contributed by atoms with Crippen LogP contribution in [-0.2, 0) is 4.79 Å². The topological polar surface area (TPSA) is 41.1 Å². The average molecular weight is 339 g/mol. The van der Waals surface area contributed by atoms with E-state index in [0.717, 1.165) is 28.6 Å². The second-order valence-corrected chi connectivity index (χ2v) is 6.63. The van der Waals surface area contributed by atoms with Gasteiger partial charge in [-0.15, -0.1) is 0 Å². The van der Waals surface area contributed by atoms with Gasteiger partial charge in [0.05, 0.1) is 0 Å². The Hall–Kier alpha value is -0.870. The van der Waals surface area contributed by atoms with E-state index in [4.69, 9.17) is 0 Å². The quantitative estimate of drug-likeness (QED) is 0.870. The highest BCUT2D eigenvalue weighted by Gasteiger charge is 2.32. The van der Waals surface area contributed by atoms with Crippen LogP contribution in [0.2, 0.25) is 0 Å². The Labute approximate surface area is 129 Å². The maximum Gasteiger partial charge on any atom is 0.226 e. The van der Waals surface area contributed by atoms with E-state index in [0.29, 0.717) is 6.42 Å². The third kappa shape index (κ3) is 3.83. The van der Waals surface area contributed by atoms with E-state index in [1.54, 1.807) is 0 Å². The largest absolute Gasteiger partial charge is 0.326 e. The smallest absolute Gasteiger partial charge is 0.226 e. The van der Waals surface area contributed by atoms with Gasteiger partial charge in [-0.1, -0.05) is 35.2 Å². The zero-order valence-corrected chi connectivity index (χ0v) is 13.8. The van der Waals surface area contributed by atoms with Crippen molar-refractivity contribution in [3.63, 3.8) is 0 Å². The fourth-order valence-electron chi connectivity index (χ4n) is 2.98. The van der Waals surface area contributed by atoms with Crippen LogP contribution in [0.5, 0.6) is 0 Å². The van der Waals surface area contributed by atoms with Gasteiger partial charge in [-0.3, -0.25) is 4.79 Å². The van der Waals surface area contributed by atoms with Crippen LogP contribution in [0.4, 0.5) is 5.69 Å². The van der Waals surface area contributed by atoms with E-state index in [1.807, 2.05) is 32.2 Å². The van der Waals surface area contributed by atoms with Crippen molar-refractivity contribution in [1.82, 2.24) is 5.32 Å². The third-order valence-corrected chi connectivity index (χ3v) is 5.17. The summed E-state index contributed by atoms with van der Waals surface area (Å²) in [5.41, 5.74) is 1.99. The predicted molar refractivity (Wildman–Crippen MR) is 87.0 cm³/mol. The van der Waals surface area contributed by atoms with Crippen molar-refractivity contribution in [3.8, 4) is 0 Å². The fraction of sp³-hybridized carbons (Fsp3) is 0.562. The predicted octanol–water partition coefficient (Wildman–Crippen LogP) is 4.01. The maximum absolute atomic E-state index is 12.3. The number of anilines is 1. The number of rotatable bonds is 4. The van der Waals surface area contributed by atoms with E-state index in [9.17, 15) is 4.79 Å². The summed E-state index contributed by atoms with van der Waals surface area (Å²) in [6.45, 7) is 2.02. The first-order valence-corrected chi connectivity index (χ1v) is 8.09. The van der Waals surface area contributed by atoms with Crippen LogP contribution >= 0.6 is 15.9 Å². The van der Waals surface area contributed by atoms with Crippen molar-refractivity contribution in [2.75, 3.05) is 12.4 Å². The molecular weight excluding hydrogens is 316 g/mol. The minimum Gasteiger partial charge on any atom is -0.326 e. The summed E-state index contributed by atoms with van der Waals surface area (Å²) in [7, 11) is 1.97. The second-order valence-electron chi connectivity index (χ2n) is 5.78. The lowest BCUT2D eigenvalue weighted by atomic mass is 9.79. The van der Waals surface area contributed by atoms with E-state index < -0.39 is 0 Å². The number of benzene rings is 1. The second kappa shape index (κ2) is 6.72. The Morgan fingerprint density at radius 1 is 1.30 bits per heavy atom. The highest BCUT2D eigenvalue weighted by Crippen LogP contribution is 2.31. The van der Waals surface area contributed by atoms with Crippen molar-refractivity contribution < 1.29 is 4.79 Å². The minimum absolute atomic E-state index is 0.00720. The molecule has 0 bridgehead atoms. The molecule has 1 aromatic carbocycles. The van der Waals surface area contributed by atoms with Gasteiger partial charge in [-0.25, -0.2) is 0 Å². The van der Waals surface area contributed by atoms with E-state index >= 15 is 0 Å². The Morgan fingerprint density at radius 3 is 2.60 bits per heavy atom. The first-order chi connectivity index (χ1) is 9.54. The molecule has 110 valence electrons. The van der Waals surface area contributed by atoms with E-state index in [1.165, 1.54) is 19.3 Å². The van der Waals surface area contributed by atoms with Gasteiger partial charge in [0.15, 0.2) is 0 Å². The monoisotopic (exact) mass is 338 g/mol. The SMILES string of the molecule is CNC1(CC(=O)Nc2ccc(Br)c(C)c2)CCCCC1. The highest BCUT2D eigenvalue weighted by molar-refractivity contribution is 9.10. The van der Waals surface area contributed by atoms with Gasteiger partial charge in [0.25, 0.3) is 0 Å². The summed E-state index contributed by atoms with van der Waals surface area (Å²) in [6.07, 6.45) is 6.46. The Kier molecular flexibility index (Phi) is 5.22. The number of carbonyl (C=O) groups excluding carboxylic acids is 1. The minimum atomic E-state index is -0.00720. The van der Waals surface area contributed by atoms with Gasteiger partial charge >= 0.3 is 0 Å². The van der Waals surface area contributed by atoms with Crippen LogP contribution in [0.3, 0.4) is 0 Å². The molecule has 1 aliphatic carbocycles. The van der Waals surface area contributed by atoms with Crippen molar-refractivity contribution >= 4 is 27.5 Å². The van der Waals surface area contributed by atoms with Gasteiger partial charge < -0.3 is 10.6 Å². The molecule has 1 aliphatic rings. The van der Waals surface area contributed by atoms with Gasteiger partial charge in [0.2, 0.25) is 5.91 Å². The molecule has 0 spiro atoms. The normalized spacial score (nSPS) is 17.8. The molecule has 0 radical (unpaired) electrons. The summed E-state index contributed by atoms with van der Waals surface area (Å²) in [5, 5.41) is 6.40. The van der Waals surface area contributed by atoms with Crippen LogP contribution in [-0.4, -0.2) is 18.5 Å². The van der Waals surface area contributed by atoms with Gasteiger partial charge in [-0.2, -0.15) is 0 Å². The summed E-state index contributed by atoms with van der Waals surface area (Å²) < 4.78 is 1.06. The van der Waals surface area contributed by atoms with Crippen LogP contribution in [0.1, 0.15) is 44.1 Å². The van der Waals surface area contributed by atoms with E-state index in [-0.39, 0.29) is 11.4 Å². The van der Waals surface area contributed by atoms with Crippen molar-refractivity contribution in [2.45, 2.75) is 51.0 Å². The highest BCUT2D eigenvalue weighted by atomic mass is 79.9. The number of aryl methyl sites for hydroxylation is 1. The fourth-order valence-corrected chi connectivity index (χ4v) is 3.23. The molecule has 0 saturated heterocycles. The molecule has 1 amide bonds. The zero-order valence-electron chi connectivity index (χ0n) is 12.3. The average Bonchev–Trinajstić information content (AvgIpc) is 2.44. The van der Waals surface area contributed by atoms with Crippen LogP contribution < -0.4 is 10.6 Å². The Balaban J connectivity index is 1.98. The number of carbonyl (C=O) groups is 1. The number of nitrogens with one attached hydrogen (secondary N) is 2. The summed E-state index contributed by atoms with van der Waals surface area (Å²) in [4.78, 5) is 12.3. The van der Waals surface area contributed by atoms with Crippen molar-refractivity contribution in [1.29, 1.82) is 0 Å². The molecule has 0 unspecified atom stereocenters. The zero-order chi connectivity index (χ0) is 14.6. The van der Waals surface area contributed by atoms with Gasteiger partial charge in [0.1, 0.15) is 0 Å². The van der Waals surface area contributed by atoms with Crippen molar-refractivity contribution in [3.05, 3.63) is 28.2 Å². The maximum atomic E-state index is 12.3. The molecule has 0 heterocycles. The Bertz CT molecular complexity index is 481. The van der Waals surface area contributed by atoms with E-state index in [2.05, 4.69) is 26.6 Å². The van der Waals surface area contributed by atoms with Gasteiger partial charge in [-0.05, 0) is 50.6 Å². The lowest BCUT2D eigenvalue weighted by Gasteiger charge is -2.36. The summed E-state index contributed by atoms with van der Waals surface area (Å²) in [6, 6.07) is 5.90. The number of hydrogen-bond donors (Lipinski definition) is 2. The lowest BCUT2D eigenvalue weighted by Crippen LogP contribution is -2.47. The molecule has 1 saturated carbocycles. The molecule has 1 aromatic rings. The standard InChI is InChI=1S/C16H23BrN2O/c1-12-10-13(6-7-14(12)17)19-15(20)11-16(18-2)8-4-3-5-9-16/h6-7,10,18H,3-5,8-9,11H2,1-2H3,(H,19,20). The van der Waals surface area contributed by atoms with Gasteiger partial charge in [0, 0.05) is 22.1 Å². The molecule has 2 rings (SSSR count). The molecule has 2 N–H and O–H groups in total. The molecule has 0 aromatic heterocycles. The molecular formula is C16H23BrN2O.